The molecule has 0 bridgehead atoms. The van der Waals surface area contributed by atoms with Crippen LogP contribution in [-0.2, 0) is 8.85 Å². The van der Waals surface area contributed by atoms with E-state index in [4.69, 9.17) is 8.85 Å². The van der Waals surface area contributed by atoms with Crippen LogP contribution in [0.2, 0.25) is 12.6 Å². The first-order valence-corrected chi connectivity index (χ1v) is 9.63. The Hall–Kier alpha value is 0.0969. The maximum Gasteiger partial charge on any atom is 0.334 e. The Bertz CT molecular complexity index is 141. The summed E-state index contributed by atoms with van der Waals surface area (Å²) in [6.07, 6.45) is 5.82. The Morgan fingerprint density at radius 2 is 1.47 bits per heavy atom. The lowest BCUT2D eigenvalue weighted by molar-refractivity contribution is 0.168. The third-order valence-electron chi connectivity index (χ3n) is 2.87. The summed E-state index contributed by atoms with van der Waals surface area (Å²) in [5, 5.41) is 3.19. The van der Waals surface area contributed by atoms with E-state index in [1.807, 2.05) is 7.05 Å². The molecule has 0 aromatic rings. The summed E-state index contributed by atoms with van der Waals surface area (Å²) in [5.41, 5.74) is 0. The molecule has 0 saturated heterocycles. The third kappa shape index (κ3) is 9.77. The van der Waals surface area contributed by atoms with Crippen molar-refractivity contribution in [3.63, 3.8) is 0 Å². The highest BCUT2D eigenvalue weighted by Gasteiger charge is 2.30. The maximum atomic E-state index is 6.05. The van der Waals surface area contributed by atoms with Gasteiger partial charge in [0.1, 0.15) is 0 Å². The molecule has 0 heterocycles. The molecular formula is C13H31NO2Si. The molecule has 104 valence electrons. The minimum Gasteiger partial charge on any atom is -0.394 e. The summed E-state index contributed by atoms with van der Waals surface area (Å²) in [6, 6.07) is 1.10. The third-order valence-corrected chi connectivity index (χ3v) is 5.76. The first-order valence-electron chi connectivity index (χ1n) is 7.11. The summed E-state index contributed by atoms with van der Waals surface area (Å²) in [5.74, 6) is 0. The van der Waals surface area contributed by atoms with Gasteiger partial charge in [0.15, 0.2) is 0 Å². The van der Waals surface area contributed by atoms with Crippen LogP contribution in [0.3, 0.4) is 0 Å². The van der Waals surface area contributed by atoms with Gasteiger partial charge in [0.25, 0.3) is 0 Å². The maximum absolute atomic E-state index is 6.05. The van der Waals surface area contributed by atoms with E-state index in [9.17, 15) is 0 Å². The standard InChI is InChI=1S/C13H31NO2Si/c1-5-7-11-15-17(4,13-9-10-14-3)16-12-8-6-2/h14H,5-13H2,1-4H3. The molecule has 0 radical (unpaired) electrons. The van der Waals surface area contributed by atoms with Gasteiger partial charge in [0.05, 0.1) is 0 Å². The van der Waals surface area contributed by atoms with Gasteiger partial charge in [0, 0.05) is 13.2 Å². The zero-order chi connectivity index (χ0) is 13.0. The fourth-order valence-corrected chi connectivity index (χ4v) is 3.98. The highest BCUT2D eigenvalue weighted by molar-refractivity contribution is 6.66. The normalized spacial score (nSPS) is 12.0. The molecule has 0 aromatic carbocycles. The zero-order valence-electron chi connectivity index (χ0n) is 12.2. The van der Waals surface area contributed by atoms with Crippen molar-refractivity contribution in [1.82, 2.24) is 5.32 Å². The summed E-state index contributed by atoms with van der Waals surface area (Å²) in [6.45, 7) is 9.39. The highest BCUT2D eigenvalue weighted by Crippen LogP contribution is 2.17. The van der Waals surface area contributed by atoms with Crippen LogP contribution in [0, 0.1) is 0 Å². The molecule has 0 atom stereocenters. The van der Waals surface area contributed by atoms with E-state index in [0.29, 0.717) is 0 Å². The van der Waals surface area contributed by atoms with Crippen molar-refractivity contribution in [2.45, 2.75) is 58.5 Å². The van der Waals surface area contributed by atoms with E-state index in [-0.39, 0.29) is 0 Å². The molecule has 0 aromatic heterocycles. The largest absolute Gasteiger partial charge is 0.394 e. The molecule has 0 aliphatic heterocycles. The smallest absolute Gasteiger partial charge is 0.334 e. The molecule has 0 amide bonds. The molecule has 0 unspecified atom stereocenters. The molecule has 0 aliphatic rings. The lowest BCUT2D eigenvalue weighted by Crippen LogP contribution is -2.40. The van der Waals surface area contributed by atoms with E-state index < -0.39 is 8.56 Å². The molecule has 1 N–H and O–H groups in total. The molecule has 0 aliphatic carbocycles. The minimum atomic E-state index is -1.90. The van der Waals surface area contributed by atoms with Crippen molar-refractivity contribution in [3.8, 4) is 0 Å². The second kappa shape index (κ2) is 11.2. The van der Waals surface area contributed by atoms with Crippen LogP contribution in [0.25, 0.3) is 0 Å². The number of nitrogens with one attached hydrogen (secondary N) is 1. The van der Waals surface area contributed by atoms with Crippen molar-refractivity contribution < 1.29 is 8.85 Å². The molecule has 17 heavy (non-hydrogen) atoms. The Kier molecular flexibility index (Phi) is 11.3. The first-order chi connectivity index (χ1) is 8.18. The fraction of sp³-hybridized carbons (Fsp3) is 1.00. The molecule has 0 rings (SSSR count). The molecule has 0 spiro atoms. The van der Waals surface area contributed by atoms with Crippen molar-refractivity contribution in [1.29, 1.82) is 0 Å². The van der Waals surface area contributed by atoms with Gasteiger partial charge in [-0.05, 0) is 45.4 Å². The fourth-order valence-electron chi connectivity index (χ4n) is 1.64. The van der Waals surface area contributed by atoms with E-state index >= 15 is 0 Å². The Balaban J connectivity index is 3.95. The zero-order valence-corrected chi connectivity index (χ0v) is 13.2. The highest BCUT2D eigenvalue weighted by atomic mass is 28.4. The molecule has 0 fully saturated rings. The van der Waals surface area contributed by atoms with Crippen LogP contribution in [-0.4, -0.2) is 35.4 Å². The van der Waals surface area contributed by atoms with Gasteiger partial charge in [-0.25, -0.2) is 0 Å². The summed E-state index contributed by atoms with van der Waals surface area (Å²) < 4.78 is 12.1. The molecule has 0 saturated carbocycles. The van der Waals surface area contributed by atoms with Gasteiger partial charge in [-0.2, -0.15) is 0 Å². The Morgan fingerprint density at radius 3 is 1.88 bits per heavy atom. The van der Waals surface area contributed by atoms with Crippen molar-refractivity contribution in [3.05, 3.63) is 0 Å². The monoisotopic (exact) mass is 261 g/mol. The van der Waals surface area contributed by atoms with Crippen molar-refractivity contribution in [2.75, 3.05) is 26.8 Å². The summed E-state index contributed by atoms with van der Waals surface area (Å²) in [7, 11) is 0.0937. The Labute approximate surface area is 109 Å². The van der Waals surface area contributed by atoms with Crippen LogP contribution in [0.4, 0.5) is 0 Å². The second-order valence-corrected chi connectivity index (χ2v) is 8.09. The molecular weight excluding hydrogens is 230 g/mol. The molecule has 4 heteroatoms. The Morgan fingerprint density at radius 1 is 0.941 bits per heavy atom. The van der Waals surface area contributed by atoms with Crippen molar-refractivity contribution >= 4 is 8.56 Å². The number of hydrogen-bond donors (Lipinski definition) is 1. The predicted octanol–water partition coefficient (Wildman–Crippen LogP) is 3.30. The van der Waals surface area contributed by atoms with Crippen LogP contribution >= 0.6 is 0 Å². The predicted molar refractivity (Wildman–Crippen MR) is 76.7 cm³/mol. The SMILES string of the molecule is CCCCO[Si](C)(CCCNC)OCCCC. The number of unbranched alkanes of at least 4 members (excludes halogenated alkanes) is 2. The van der Waals surface area contributed by atoms with Crippen LogP contribution in [0.15, 0.2) is 0 Å². The average Bonchev–Trinajstić information content (AvgIpc) is 2.30. The van der Waals surface area contributed by atoms with E-state index in [1.165, 1.54) is 12.8 Å². The van der Waals surface area contributed by atoms with Gasteiger partial charge >= 0.3 is 8.56 Å². The van der Waals surface area contributed by atoms with Gasteiger partial charge < -0.3 is 14.2 Å². The second-order valence-electron chi connectivity index (χ2n) is 4.74. The van der Waals surface area contributed by atoms with Gasteiger partial charge in [-0.1, -0.05) is 26.7 Å². The summed E-state index contributed by atoms with van der Waals surface area (Å²) >= 11 is 0. The topological polar surface area (TPSA) is 30.5 Å². The summed E-state index contributed by atoms with van der Waals surface area (Å²) in [4.78, 5) is 0. The van der Waals surface area contributed by atoms with Crippen LogP contribution < -0.4 is 5.32 Å². The number of hydrogen-bond acceptors (Lipinski definition) is 3. The lowest BCUT2D eigenvalue weighted by Gasteiger charge is -2.27. The lowest BCUT2D eigenvalue weighted by atomic mass is 10.4. The van der Waals surface area contributed by atoms with E-state index in [1.54, 1.807) is 0 Å². The van der Waals surface area contributed by atoms with E-state index in [0.717, 1.165) is 45.1 Å². The van der Waals surface area contributed by atoms with E-state index in [2.05, 4.69) is 25.7 Å². The van der Waals surface area contributed by atoms with Gasteiger partial charge in [-0.3, -0.25) is 0 Å². The first kappa shape index (κ1) is 17.1. The minimum absolute atomic E-state index is 0.866. The van der Waals surface area contributed by atoms with Crippen molar-refractivity contribution in [2.24, 2.45) is 0 Å². The molecule has 3 nitrogen and oxygen atoms in total. The average molecular weight is 261 g/mol. The number of rotatable bonds is 12. The van der Waals surface area contributed by atoms with Crippen LogP contribution in [0.1, 0.15) is 46.0 Å². The van der Waals surface area contributed by atoms with Gasteiger partial charge in [0.2, 0.25) is 0 Å². The quantitative estimate of drug-likeness (QED) is 0.432. The van der Waals surface area contributed by atoms with Gasteiger partial charge in [-0.15, -0.1) is 0 Å². The van der Waals surface area contributed by atoms with Crippen LogP contribution in [0.5, 0.6) is 0 Å².